The molecule has 0 bridgehead atoms. The van der Waals surface area contributed by atoms with Crippen molar-refractivity contribution in [3.05, 3.63) is 76.4 Å². The number of benzene rings is 1. The van der Waals surface area contributed by atoms with Crippen molar-refractivity contribution in [1.82, 2.24) is 0 Å². The van der Waals surface area contributed by atoms with Gasteiger partial charge in [-0.05, 0) is 39.3 Å². The van der Waals surface area contributed by atoms with Gasteiger partial charge < -0.3 is 15.3 Å². The summed E-state index contributed by atoms with van der Waals surface area (Å²) in [7, 11) is 0. The van der Waals surface area contributed by atoms with Crippen LogP contribution in [0.4, 0.5) is 0 Å². The van der Waals surface area contributed by atoms with Gasteiger partial charge in [0.2, 0.25) is 0 Å². The molecule has 0 saturated heterocycles. The van der Waals surface area contributed by atoms with Crippen LogP contribution in [0.25, 0.3) is 0 Å². The summed E-state index contributed by atoms with van der Waals surface area (Å²) in [5, 5.41) is 33.3. The monoisotopic (exact) mass is 380 g/mol. The lowest BCUT2D eigenvalue weighted by atomic mass is 9.51. The van der Waals surface area contributed by atoms with Crippen molar-refractivity contribution in [3.8, 4) is 5.75 Å². The van der Waals surface area contributed by atoms with Crippen molar-refractivity contribution < 1.29 is 15.3 Å². The minimum atomic E-state index is -0.731. The summed E-state index contributed by atoms with van der Waals surface area (Å²) in [6, 6.07) is 7.29. The van der Waals surface area contributed by atoms with Crippen LogP contribution >= 0.6 is 0 Å². The van der Waals surface area contributed by atoms with Gasteiger partial charge in [-0.1, -0.05) is 78.6 Å². The van der Waals surface area contributed by atoms with Gasteiger partial charge in [-0.15, -0.1) is 0 Å². The van der Waals surface area contributed by atoms with E-state index in [9.17, 15) is 15.3 Å². The first-order valence-electron chi connectivity index (χ1n) is 9.91. The van der Waals surface area contributed by atoms with Gasteiger partial charge in [-0.3, -0.25) is 0 Å². The first-order chi connectivity index (χ1) is 13.0. The van der Waals surface area contributed by atoms with Gasteiger partial charge in [0, 0.05) is 16.7 Å². The number of phenolic OH excluding ortho intramolecular Hbond substituents is 1. The number of aliphatic hydroxyl groups excluding tert-OH is 2. The summed E-state index contributed by atoms with van der Waals surface area (Å²) in [5.74, 6) is -0.153. The van der Waals surface area contributed by atoms with Gasteiger partial charge in [-0.2, -0.15) is 0 Å². The maximum Gasteiger partial charge on any atom is 0.119 e. The van der Waals surface area contributed by atoms with Gasteiger partial charge in [0.1, 0.15) is 5.75 Å². The molecule has 0 aromatic heterocycles. The van der Waals surface area contributed by atoms with Crippen LogP contribution in [0.3, 0.4) is 0 Å². The van der Waals surface area contributed by atoms with E-state index >= 15 is 0 Å². The lowest BCUT2D eigenvalue weighted by Crippen LogP contribution is -2.51. The van der Waals surface area contributed by atoms with E-state index in [1.165, 1.54) is 0 Å². The average molecular weight is 381 g/mol. The summed E-state index contributed by atoms with van der Waals surface area (Å²) in [6.45, 7) is 12.1. The molecule has 150 valence electrons. The lowest BCUT2D eigenvalue weighted by molar-refractivity contribution is -0.00536. The molecule has 2 aliphatic rings. The van der Waals surface area contributed by atoms with Crippen LogP contribution in [0, 0.1) is 10.8 Å². The Labute approximate surface area is 168 Å². The number of allylic oxidation sites excluding steroid dienone is 4. The third kappa shape index (κ3) is 2.98. The third-order valence-electron chi connectivity index (χ3n) is 7.11. The van der Waals surface area contributed by atoms with Gasteiger partial charge >= 0.3 is 0 Å². The van der Waals surface area contributed by atoms with E-state index in [-0.39, 0.29) is 11.7 Å². The number of rotatable bonds is 3. The minimum absolute atomic E-state index is 0.188. The van der Waals surface area contributed by atoms with E-state index in [0.29, 0.717) is 0 Å². The van der Waals surface area contributed by atoms with Crippen LogP contribution in [0.5, 0.6) is 5.75 Å². The van der Waals surface area contributed by atoms with E-state index in [2.05, 4.69) is 12.2 Å². The SMILES string of the molecule is CC1=CC(O)C(C)(C(c2ccccc2O)C2(C)C(C)=CC(C)=CC2O)C(C)=C1. The van der Waals surface area contributed by atoms with E-state index < -0.39 is 23.0 Å². The third-order valence-corrected chi connectivity index (χ3v) is 7.11. The Balaban J connectivity index is 2.31. The second kappa shape index (κ2) is 7.06. The molecule has 0 saturated carbocycles. The molecule has 28 heavy (non-hydrogen) atoms. The normalized spacial score (nSPS) is 34.1. The smallest absolute Gasteiger partial charge is 0.119 e. The van der Waals surface area contributed by atoms with Crippen LogP contribution in [-0.4, -0.2) is 27.5 Å². The van der Waals surface area contributed by atoms with Crippen LogP contribution < -0.4 is 0 Å². The Kier molecular flexibility index (Phi) is 5.20. The van der Waals surface area contributed by atoms with Crippen molar-refractivity contribution in [1.29, 1.82) is 0 Å². The van der Waals surface area contributed by atoms with E-state index in [1.807, 2.05) is 65.8 Å². The molecule has 0 fully saturated rings. The predicted octanol–water partition coefficient (Wildman–Crippen LogP) is 5.02. The van der Waals surface area contributed by atoms with Gasteiger partial charge in [-0.25, -0.2) is 0 Å². The highest BCUT2D eigenvalue weighted by Gasteiger charge is 2.55. The topological polar surface area (TPSA) is 60.7 Å². The molecule has 1 aromatic rings. The molecule has 0 amide bonds. The molecule has 1 aromatic carbocycles. The molecule has 4 unspecified atom stereocenters. The highest BCUT2D eigenvalue weighted by Crippen LogP contribution is 2.61. The van der Waals surface area contributed by atoms with Crippen LogP contribution in [0.15, 0.2) is 70.9 Å². The Bertz CT molecular complexity index is 852. The quantitative estimate of drug-likeness (QED) is 0.690. The van der Waals surface area contributed by atoms with Crippen LogP contribution in [0.2, 0.25) is 0 Å². The van der Waals surface area contributed by atoms with Crippen molar-refractivity contribution in [2.24, 2.45) is 10.8 Å². The number of hydrogen-bond acceptors (Lipinski definition) is 3. The van der Waals surface area contributed by atoms with Crippen LogP contribution in [0.1, 0.15) is 53.0 Å². The highest BCUT2D eigenvalue weighted by molar-refractivity contribution is 5.48. The number of aromatic hydroxyl groups is 1. The zero-order chi connectivity index (χ0) is 20.9. The maximum absolute atomic E-state index is 11.2. The maximum atomic E-state index is 11.2. The predicted molar refractivity (Wildman–Crippen MR) is 114 cm³/mol. The zero-order valence-electron chi connectivity index (χ0n) is 17.7. The molecular formula is C25H32O3. The fourth-order valence-corrected chi connectivity index (χ4v) is 5.20. The largest absolute Gasteiger partial charge is 0.508 e. The number of phenols is 1. The molecule has 3 nitrogen and oxygen atoms in total. The lowest BCUT2D eigenvalue weighted by Gasteiger charge is -2.54. The van der Waals surface area contributed by atoms with E-state index in [4.69, 9.17) is 0 Å². The van der Waals surface area contributed by atoms with Crippen molar-refractivity contribution in [2.45, 2.75) is 59.7 Å². The number of hydrogen-bond donors (Lipinski definition) is 3. The molecule has 0 heterocycles. The first kappa shape index (κ1) is 20.6. The first-order valence-corrected chi connectivity index (χ1v) is 9.91. The summed E-state index contributed by atoms with van der Waals surface area (Å²) >= 11 is 0. The number of aliphatic hydroxyl groups is 2. The molecule has 0 radical (unpaired) electrons. The van der Waals surface area contributed by atoms with E-state index in [0.717, 1.165) is 27.9 Å². The Morgan fingerprint density at radius 2 is 1.21 bits per heavy atom. The van der Waals surface area contributed by atoms with Crippen molar-refractivity contribution in [3.63, 3.8) is 0 Å². The second-order valence-corrected chi connectivity index (χ2v) is 8.92. The fourth-order valence-electron chi connectivity index (χ4n) is 5.20. The van der Waals surface area contributed by atoms with Gasteiger partial charge in [0.15, 0.2) is 0 Å². The molecule has 3 N–H and O–H groups in total. The Morgan fingerprint density at radius 3 is 1.61 bits per heavy atom. The molecular weight excluding hydrogens is 348 g/mol. The number of para-hydroxylation sites is 1. The second-order valence-electron chi connectivity index (χ2n) is 8.92. The van der Waals surface area contributed by atoms with Crippen molar-refractivity contribution >= 4 is 0 Å². The Hall–Kier alpha value is -2.10. The van der Waals surface area contributed by atoms with E-state index in [1.54, 1.807) is 12.1 Å². The molecule has 4 atom stereocenters. The minimum Gasteiger partial charge on any atom is -0.508 e. The summed E-state index contributed by atoms with van der Waals surface area (Å²) in [4.78, 5) is 0. The molecule has 0 spiro atoms. The zero-order valence-corrected chi connectivity index (χ0v) is 17.7. The summed E-state index contributed by atoms with van der Waals surface area (Å²) in [5.41, 5.74) is 3.49. The average Bonchev–Trinajstić information content (AvgIpc) is 2.60. The molecule has 3 heteroatoms. The molecule has 3 rings (SSSR count). The highest BCUT2D eigenvalue weighted by atomic mass is 16.3. The van der Waals surface area contributed by atoms with Crippen LogP contribution in [-0.2, 0) is 0 Å². The Morgan fingerprint density at radius 1 is 0.786 bits per heavy atom. The summed E-state index contributed by atoms with van der Waals surface area (Å²) in [6.07, 6.45) is 6.48. The van der Waals surface area contributed by atoms with Gasteiger partial charge in [0.05, 0.1) is 12.2 Å². The van der Waals surface area contributed by atoms with Gasteiger partial charge in [0.25, 0.3) is 0 Å². The standard InChI is InChI=1S/C25H32O3/c1-15-11-17(3)24(5,21(27)13-15)23(19-9-7-8-10-20(19)26)25(6)18(4)12-16(2)14-22(25)28/h7-14,21-23,26-28H,1-6H3. The summed E-state index contributed by atoms with van der Waals surface area (Å²) < 4.78 is 0. The molecule has 0 aliphatic heterocycles. The molecule has 2 aliphatic carbocycles. The fraction of sp³-hybridized carbons (Fsp3) is 0.440. The van der Waals surface area contributed by atoms with Crippen molar-refractivity contribution in [2.75, 3.05) is 0 Å².